The van der Waals surface area contributed by atoms with Crippen molar-refractivity contribution in [2.24, 2.45) is 4.99 Å². The van der Waals surface area contributed by atoms with Crippen molar-refractivity contribution in [3.05, 3.63) is 71.1 Å². The molecule has 0 aliphatic heterocycles. The maximum Gasteiger partial charge on any atom is 0.285 e. The topological polar surface area (TPSA) is 43.6 Å². The first-order chi connectivity index (χ1) is 12.0. The van der Waals surface area contributed by atoms with Crippen molar-refractivity contribution in [2.45, 2.75) is 6.54 Å². The third kappa shape index (κ3) is 3.23. The van der Waals surface area contributed by atoms with Crippen LogP contribution >= 0.6 is 11.3 Å². The van der Waals surface area contributed by atoms with Gasteiger partial charge in [0.2, 0.25) is 0 Å². The summed E-state index contributed by atoms with van der Waals surface area (Å²) in [6, 6.07) is 8.69. The van der Waals surface area contributed by atoms with Gasteiger partial charge in [-0.05, 0) is 30.3 Å². The molecule has 0 unspecified atom stereocenters. The first-order valence-corrected chi connectivity index (χ1v) is 8.18. The zero-order valence-corrected chi connectivity index (χ0v) is 14.1. The van der Waals surface area contributed by atoms with Gasteiger partial charge in [-0.2, -0.15) is 4.99 Å². The number of nitrogens with zero attached hydrogens (tertiary/aromatic N) is 2. The lowest BCUT2D eigenvalue weighted by molar-refractivity contribution is 0.0990. The smallest absolute Gasteiger partial charge is 0.285 e. The summed E-state index contributed by atoms with van der Waals surface area (Å²) in [6.45, 7) is 4.10. The monoisotopic (exact) mass is 360 g/mol. The summed E-state index contributed by atoms with van der Waals surface area (Å²) < 4.78 is 35.4. The molecule has 1 heterocycles. The molecule has 4 nitrogen and oxygen atoms in total. The number of fused-ring (bicyclic) bond motifs is 1. The van der Waals surface area contributed by atoms with Gasteiger partial charge in [0.1, 0.15) is 22.9 Å². The zero-order chi connectivity index (χ0) is 18.0. The number of carbonyl (C=O) groups excluding carboxylic acids is 1. The Balaban J connectivity index is 2.19. The van der Waals surface area contributed by atoms with Crippen LogP contribution in [0.3, 0.4) is 0 Å². The average molecular weight is 360 g/mol. The van der Waals surface area contributed by atoms with E-state index in [1.807, 2.05) is 12.1 Å². The summed E-state index contributed by atoms with van der Waals surface area (Å²) in [4.78, 5) is 16.6. The fourth-order valence-corrected chi connectivity index (χ4v) is 3.48. The van der Waals surface area contributed by atoms with Crippen molar-refractivity contribution in [3.63, 3.8) is 0 Å². The second kappa shape index (κ2) is 6.98. The van der Waals surface area contributed by atoms with Gasteiger partial charge in [-0.15, -0.1) is 6.58 Å². The van der Waals surface area contributed by atoms with Crippen molar-refractivity contribution in [1.29, 1.82) is 0 Å². The molecule has 0 bridgehead atoms. The maximum atomic E-state index is 13.8. The Morgan fingerprint density at radius 1 is 1.32 bits per heavy atom. The van der Waals surface area contributed by atoms with Gasteiger partial charge in [0, 0.05) is 6.54 Å². The number of aromatic nitrogens is 1. The van der Waals surface area contributed by atoms with Crippen LogP contribution in [0.5, 0.6) is 5.75 Å². The highest BCUT2D eigenvalue weighted by molar-refractivity contribution is 7.16. The molecule has 0 atom stereocenters. The molecule has 0 N–H and O–H groups in total. The number of halogens is 2. The van der Waals surface area contributed by atoms with E-state index in [9.17, 15) is 13.6 Å². The van der Waals surface area contributed by atoms with E-state index in [1.54, 1.807) is 23.8 Å². The first kappa shape index (κ1) is 17.0. The number of amides is 1. The first-order valence-electron chi connectivity index (χ1n) is 7.36. The van der Waals surface area contributed by atoms with Crippen molar-refractivity contribution in [3.8, 4) is 5.75 Å². The predicted octanol–water partition coefficient (Wildman–Crippen LogP) is 3.92. The van der Waals surface area contributed by atoms with Gasteiger partial charge in [-0.3, -0.25) is 4.79 Å². The minimum atomic E-state index is -0.966. The van der Waals surface area contributed by atoms with E-state index in [1.165, 1.54) is 17.4 Å². The standard InChI is InChI=1S/C18H14F2N2O2S/c1-3-9-22-14-8-7-11(24-2)10-15(14)25-18(22)21-17(23)16-12(19)5-4-6-13(16)20/h3-8,10H,1,9H2,2H3. The summed E-state index contributed by atoms with van der Waals surface area (Å²) in [5, 5.41) is 0. The van der Waals surface area contributed by atoms with E-state index in [2.05, 4.69) is 11.6 Å². The van der Waals surface area contributed by atoms with Crippen molar-refractivity contribution >= 4 is 27.5 Å². The molecule has 25 heavy (non-hydrogen) atoms. The fraction of sp³-hybridized carbons (Fsp3) is 0.111. The molecule has 0 spiro atoms. The van der Waals surface area contributed by atoms with E-state index < -0.39 is 23.1 Å². The molecule has 1 aromatic heterocycles. The summed E-state index contributed by atoms with van der Waals surface area (Å²) >= 11 is 1.23. The Hall–Kier alpha value is -2.80. The van der Waals surface area contributed by atoms with E-state index >= 15 is 0 Å². The third-order valence-corrected chi connectivity index (χ3v) is 4.62. The molecule has 1 amide bonds. The molecule has 0 saturated carbocycles. The Labute approximate surface area is 146 Å². The number of hydrogen-bond acceptors (Lipinski definition) is 3. The second-order valence-corrected chi connectivity index (χ2v) is 6.14. The predicted molar refractivity (Wildman–Crippen MR) is 92.8 cm³/mol. The number of ether oxygens (including phenoxy) is 1. The van der Waals surface area contributed by atoms with Crippen molar-refractivity contribution in [1.82, 2.24) is 4.57 Å². The van der Waals surface area contributed by atoms with Crippen LogP contribution in [0.1, 0.15) is 10.4 Å². The highest BCUT2D eigenvalue weighted by Gasteiger charge is 2.17. The Bertz CT molecular complexity index is 1020. The van der Waals surface area contributed by atoms with Gasteiger partial charge < -0.3 is 9.30 Å². The molecule has 2 aromatic carbocycles. The van der Waals surface area contributed by atoms with E-state index in [-0.39, 0.29) is 0 Å². The number of carbonyl (C=O) groups is 1. The number of thiazole rings is 1. The quantitative estimate of drug-likeness (QED) is 0.662. The summed E-state index contributed by atoms with van der Waals surface area (Å²) in [6.07, 6.45) is 1.66. The van der Waals surface area contributed by atoms with Gasteiger partial charge in [0.15, 0.2) is 4.80 Å². The number of allylic oxidation sites excluding steroid dienone is 1. The lowest BCUT2D eigenvalue weighted by atomic mass is 10.2. The third-order valence-electron chi connectivity index (χ3n) is 3.58. The lowest BCUT2D eigenvalue weighted by Gasteiger charge is -2.03. The Morgan fingerprint density at radius 3 is 2.68 bits per heavy atom. The van der Waals surface area contributed by atoms with Gasteiger partial charge in [-0.25, -0.2) is 8.78 Å². The summed E-state index contributed by atoms with van der Waals surface area (Å²) in [5.74, 6) is -2.18. The minimum Gasteiger partial charge on any atom is -0.497 e. The molecule has 128 valence electrons. The summed E-state index contributed by atoms with van der Waals surface area (Å²) in [5.41, 5.74) is 0.161. The Kier molecular flexibility index (Phi) is 4.76. The van der Waals surface area contributed by atoms with E-state index in [4.69, 9.17) is 4.74 Å². The molecule has 0 aliphatic rings. The van der Waals surface area contributed by atoms with Crippen LogP contribution in [-0.2, 0) is 6.54 Å². The zero-order valence-electron chi connectivity index (χ0n) is 13.3. The largest absolute Gasteiger partial charge is 0.497 e. The number of methoxy groups -OCH3 is 1. The minimum absolute atomic E-state index is 0.329. The van der Waals surface area contributed by atoms with Crippen LogP contribution in [0.25, 0.3) is 10.2 Å². The number of benzene rings is 2. The van der Waals surface area contributed by atoms with Gasteiger partial charge in [0.25, 0.3) is 5.91 Å². The Morgan fingerprint density at radius 2 is 2.04 bits per heavy atom. The SMILES string of the molecule is C=CCn1c(=NC(=O)c2c(F)cccc2F)sc2cc(OC)ccc21. The molecular formula is C18H14F2N2O2S. The average Bonchev–Trinajstić information content (AvgIpc) is 2.91. The molecule has 3 aromatic rings. The van der Waals surface area contributed by atoms with Crippen LogP contribution in [0.4, 0.5) is 8.78 Å². The van der Waals surface area contributed by atoms with Crippen LogP contribution < -0.4 is 9.54 Å². The van der Waals surface area contributed by atoms with Crippen molar-refractivity contribution in [2.75, 3.05) is 7.11 Å². The fourth-order valence-electron chi connectivity index (χ4n) is 2.42. The van der Waals surface area contributed by atoms with Gasteiger partial charge >= 0.3 is 0 Å². The molecule has 0 fully saturated rings. The molecule has 3 rings (SSSR count). The lowest BCUT2D eigenvalue weighted by Crippen LogP contribution is -2.17. The molecule has 0 aliphatic carbocycles. The summed E-state index contributed by atoms with van der Waals surface area (Å²) in [7, 11) is 1.56. The number of hydrogen-bond donors (Lipinski definition) is 0. The maximum absolute atomic E-state index is 13.8. The second-order valence-electron chi connectivity index (χ2n) is 5.13. The van der Waals surface area contributed by atoms with Crippen LogP contribution in [0, 0.1) is 11.6 Å². The molecule has 0 radical (unpaired) electrons. The highest BCUT2D eigenvalue weighted by atomic mass is 32.1. The van der Waals surface area contributed by atoms with Gasteiger partial charge in [-0.1, -0.05) is 23.5 Å². The van der Waals surface area contributed by atoms with Crippen molar-refractivity contribution < 1.29 is 18.3 Å². The van der Waals surface area contributed by atoms with E-state index in [0.29, 0.717) is 17.1 Å². The normalized spacial score (nSPS) is 11.7. The van der Waals surface area contributed by atoms with E-state index in [0.717, 1.165) is 22.3 Å². The molecular weight excluding hydrogens is 346 g/mol. The highest BCUT2D eigenvalue weighted by Crippen LogP contribution is 2.23. The molecule has 0 saturated heterocycles. The van der Waals surface area contributed by atoms with Gasteiger partial charge in [0.05, 0.1) is 17.3 Å². The number of rotatable bonds is 4. The molecule has 7 heteroatoms. The van der Waals surface area contributed by atoms with Crippen LogP contribution in [-0.4, -0.2) is 17.6 Å². The van der Waals surface area contributed by atoms with Crippen LogP contribution in [0.15, 0.2) is 54.0 Å². The van der Waals surface area contributed by atoms with Crippen LogP contribution in [0.2, 0.25) is 0 Å².